The van der Waals surface area contributed by atoms with Crippen molar-refractivity contribution in [1.29, 1.82) is 0 Å². The number of nitrogens with zero attached hydrogens (tertiary/aromatic N) is 2. The molecule has 0 amide bonds. The molecule has 0 saturated carbocycles. The van der Waals surface area contributed by atoms with E-state index in [0.717, 1.165) is 24.5 Å². The first-order valence-electron chi connectivity index (χ1n) is 12.0. The quantitative estimate of drug-likeness (QED) is 0.474. The van der Waals surface area contributed by atoms with Crippen LogP contribution in [0.25, 0.3) is 5.57 Å². The van der Waals surface area contributed by atoms with Crippen molar-refractivity contribution >= 4 is 30.4 Å². The van der Waals surface area contributed by atoms with Gasteiger partial charge in [0, 0.05) is 44.2 Å². The molecule has 4 unspecified atom stereocenters. The van der Waals surface area contributed by atoms with Gasteiger partial charge in [-0.1, -0.05) is 60.7 Å². The molecule has 0 aromatic heterocycles. The molecule has 2 heterocycles. The van der Waals surface area contributed by atoms with Crippen molar-refractivity contribution in [3.8, 4) is 0 Å². The van der Waals surface area contributed by atoms with Crippen LogP contribution in [0, 0.1) is 11.8 Å². The Morgan fingerprint density at radius 1 is 0.812 bits per heavy atom. The number of halogens is 2. The van der Waals surface area contributed by atoms with E-state index in [9.17, 15) is 0 Å². The van der Waals surface area contributed by atoms with Gasteiger partial charge in [-0.05, 0) is 67.7 Å². The van der Waals surface area contributed by atoms with Gasteiger partial charge in [-0.3, -0.25) is 9.80 Å². The smallest absolute Gasteiger partial charge is 0.0234 e. The molecule has 1 aliphatic carbocycles. The van der Waals surface area contributed by atoms with Crippen LogP contribution in [0.3, 0.4) is 0 Å². The fraction of sp³-hybridized carbons (Fsp3) is 0.500. The van der Waals surface area contributed by atoms with E-state index >= 15 is 0 Å². The molecule has 2 aliphatic heterocycles. The molecule has 0 N–H and O–H groups in total. The molecule has 174 valence electrons. The zero-order valence-electron chi connectivity index (χ0n) is 19.5. The van der Waals surface area contributed by atoms with Crippen LogP contribution in [-0.4, -0.2) is 41.5 Å². The second kappa shape index (κ2) is 11.2. The van der Waals surface area contributed by atoms with Gasteiger partial charge in [0.1, 0.15) is 0 Å². The highest BCUT2D eigenvalue weighted by atomic mass is 35.5. The minimum absolute atomic E-state index is 0. The zero-order valence-corrected chi connectivity index (χ0v) is 21.1. The van der Waals surface area contributed by atoms with E-state index in [4.69, 9.17) is 0 Å². The Bertz CT molecular complexity index is 870. The van der Waals surface area contributed by atoms with E-state index in [1.165, 1.54) is 62.0 Å². The van der Waals surface area contributed by atoms with Crippen molar-refractivity contribution < 1.29 is 0 Å². The molecule has 3 aliphatic rings. The second-order valence-corrected chi connectivity index (χ2v) is 9.90. The first-order valence-corrected chi connectivity index (χ1v) is 12.0. The van der Waals surface area contributed by atoms with Gasteiger partial charge in [0.25, 0.3) is 0 Å². The van der Waals surface area contributed by atoms with Crippen LogP contribution in [0.15, 0.2) is 60.7 Å². The summed E-state index contributed by atoms with van der Waals surface area (Å²) in [6.07, 6.45) is 7.66. The summed E-state index contributed by atoms with van der Waals surface area (Å²) in [7, 11) is 0. The van der Waals surface area contributed by atoms with Gasteiger partial charge in [0.15, 0.2) is 0 Å². The second-order valence-electron chi connectivity index (χ2n) is 9.90. The third-order valence-corrected chi connectivity index (χ3v) is 7.89. The summed E-state index contributed by atoms with van der Waals surface area (Å²) >= 11 is 0. The molecule has 0 spiro atoms. The lowest BCUT2D eigenvalue weighted by Crippen LogP contribution is -2.34. The first kappa shape index (κ1) is 25.3. The number of benzene rings is 2. The molecular weight excluding hydrogens is 435 g/mol. The summed E-state index contributed by atoms with van der Waals surface area (Å²) in [5, 5.41) is 0. The number of allylic oxidation sites excluding steroid dienone is 1. The highest BCUT2D eigenvalue weighted by Crippen LogP contribution is 2.43. The summed E-state index contributed by atoms with van der Waals surface area (Å²) < 4.78 is 0. The molecule has 4 atom stereocenters. The average Bonchev–Trinajstić information content (AvgIpc) is 3.42. The molecule has 5 rings (SSSR count). The average molecular weight is 474 g/mol. The van der Waals surface area contributed by atoms with E-state index in [1.807, 2.05) is 0 Å². The minimum Gasteiger partial charge on any atom is -0.298 e. The molecule has 0 radical (unpaired) electrons. The Balaban J connectivity index is 0.00000144. The van der Waals surface area contributed by atoms with Gasteiger partial charge in [0.2, 0.25) is 0 Å². The number of fused-ring (bicyclic) bond motifs is 1. The molecule has 4 heteroatoms. The van der Waals surface area contributed by atoms with Crippen LogP contribution >= 0.6 is 24.8 Å². The largest absolute Gasteiger partial charge is 0.298 e. The Morgan fingerprint density at radius 2 is 1.50 bits per heavy atom. The summed E-state index contributed by atoms with van der Waals surface area (Å²) in [6.45, 7) is 9.51. The maximum Gasteiger partial charge on any atom is 0.0234 e. The van der Waals surface area contributed by atoms with Crippen LogP contribution in [0.5, 0.6) is 0 Å². The fourth-order valence-corrected chi connectivity index (χ4v) is 6.10. The molecule has 32 heavy (non-hydrogen) atoms. The van der Waals surface area contributed by atoms with Gasteiger partial charge >= 0.3 is 0 Å². The van der Waals surface area contributed by atoms with Crippen molar-refractivity contribution in [2.45, 2.75) is 58.2 Å². The van der Waals surface area contributed by atoms with Crippen molar-refractivity contribution in [3.63, 3.8) is 0 Å². The predicted octanol–water partition coefficient (Wildman–Crippen LogP) is 6.48. The summed E-state index contributed by atoms with van der Waals surface area (Å²) in [6, 6.07) is 22.0. The van der Waals surface area contributed by atoms with Gasteiger partial charge < -0.3 is 0 Å². The molecule has 0 bridgehead atoms. The van der Waals surface area contributed by atoms with Crippen LogP contribution in [0.1, 0.15) is 49.8 Å². The molecule has 2 aromatic rings. The SMILES string of the molecule is CC1CCC(C)N1CCc1ccc(C2=CCC3CN(Cc4ccccc4)CC23)cc1.Cl.Cl. The Kier molecular flexibility index (Phi) is 8.86. The maximum atomic E-state index is 2.69. The van der Waals surface area contributed by atoms with E-state index in [-0.39, 0.29) is 24.8 Å². The maximum absolute atomic E-state index is 2.69. The summed E-state index contributed by atoms with van der Waals surface area (Å²) in [5.41, 5.74) is 5.98. The van der Waals surface area contributed by atoms with E-state index in [0.29, 0.717) is 5.92 Å². The predicted molar refractivity (Wildman–Crippen MR) is 141 cm³/mol. The fourth-order valence-electron chi connectivity index (χ4n) is 6.10. The Labute approximate surface area is 206 Å². The number of likely N-dealkylation sites (tertiary alicyclic amines) is 2. The third-order valence-electron chi connectivity index (χ3n) is 7.89. The lowest BCUT2D eigenvalue weighted by Gasteiger charge is -2.25. The van der Waals surface area contributed by atoms with Gasteiger partial charge in [-0.15, -0.1) is 24.8 Å². The van der Waals surface area contributed by atoms with Crippen LogP contribution in [-0.2, 0) is 13.0 Å². The van der Waals surface area contributed by atoms with Crippen molar-refractivity contribution in [3.05, 3.63) is 77.4 Å². The van der Waals surface area contributed by atoms with Gasteiger partial charge in [-0.2, -0.15) is 0 Å². The molecule has 2 nitrogen and oxygen atoms in total. The Morgan fingerprint density at radius 3 is 2.19 bits per heavy atom. The topological polar surface area (TPSA) is 6.48 Å². The molecule has 2 aromatic carbocycles. The highest BCUT2D eigenvalue weighted by Gasteiger charge is 2.38. The summed E-state index contributed by atoms with van der Waals surface area (Å²) in [4.78, 5) is 5.35. The Hall–Kier alpha value is -1.32. The van der Waals surface area contributed by atoms with Crippen molar-refractivity contribution in [2.75, 3.05) is 19.6 Å². The molecular formula is C28H38Cl2N2. The zero-order chi connectivity index (χ0) is 20.5. The van der Waals surface area contributed by atoms with Gasteiger partial charge in [0.05, 0.1) is 0 Å². The monoisotopic (exact) mass is 472 g/mol. The van der Waals surface area contributed by atoms with E-state index < -0.39 is 0 Å². The standard InChI is InChI=1S/C28H36N2.2ClH/c1-21-8-9-22(2)30(21)17-16-23-10-12-25(13-11-23)27-15-14-26-19-29(20-28(26)27)18-24-6-4-3-5-7-24;;/h3-7,10-13,15,21-22,26,28H,8-9,14,16-20H2,1-2H3;2*1H. The lowest BCUT2D eigenvalue weighted by molar-refractivity contribution is 0.217. The molecule has 2 fully saturated rings. The minimum atomic E-state index is 0. The number of hydrogen-bond donors (Lipinski definition) is 0. The highest BCUT2D eigenvalue weighted by molar-refractivity contribution is 5.85. The first-order chi connectivity index (χ1) is 14.7. The number of rotatable bonds is 6. The van der Waals surface area contributed by atoms with Crippen LogP contribution in [0.4, 0.5) is 0 Å². The van der Waals surface area contributed by atoms with Crippen molar-refractivity contribution in [2.24, 2.45) is 11.8 Å². The van der Waals surface area contributed by atoms with Crippen LogP contribution < -0.4 is 0 Å². The van der Waals surface area contributed by atoms with E-state index in [2.05, 4.69) is 84.3 Å². The summed E-state index contributed by atoms with van der Waals surface area (Å²) in [5.74, 6) is 1.52. The van der Waals surface area contributed by atoms with Crippen LogP contribution in [0.2, 0.25) is 0 Å². The molecule has 2 saturated heterocycles. The number of hydrogen-bond acceptors (Lipinski definition) is 2. The normalized spacial score (nSPS) is 27.5. The van der Waals surface area contributed by atoms with Crippen molar-refractivity contribution in [1.82, 2.24) is 9.80 Å². The van der Waals surface area contributed by atoms with E-state index in [1.54, 1.807) is 5.57 Å². The lowest BCUT2D eigenvalue weighted by atomic mass is 9.90. The third kappa shape index (κ3) is 5.42. The van der Waals surface area contributed by atoms with Gasteiger partial charge in [-0.25, -0.2) is 0 Å².